The van der Waals surface area contributed by atoms with Crippen molar-refractivity contribution in [3.8, 4) is 0 Å². The number of hydrogen-bond acceptors (Lipinski definition) is 3. The molecule has 0 radical (unpaired) electrons. The van der Waals surface area contributed by atoms with Crippen molar-refractivity contribution in [2.45, 2.75) is 25.8 Å². The molecule has 1 aromatic heterocycles. The van der Waals surface area contributed by atoms with E-state index in [9.17, 15) is 4.79 Å². The summed E-state index contributed by atoms with van der Waals surface area (Å²) in [5.41, 5.74) is 7.70. The normalized spacial score (nSPS) is 16.8. The highest BCUT2D eigenvalue weighted by Crippen LogP contribution is 2.27. The summed E-state index contributed by atoms with van der Waals surface area (Å²) in [5.74, 6) is 0.509. The minimum atomic E-state index is -0.320. The molecule has 1 saturated heterocycles. The highest BCUT2D eigenvalue weighted by Gasteiger charge is 2.26. The first-order chi connectivity index (χ1) is 9.58. The van der Waals surface area contributed by atoms with Crippen LogP contribution < -0.4 is 5.73 Å². The molecule has 2 heterocycles. The first kappa shape index (κ1) is 13.4. The van der Waals surface area contributed by atoms with Gasteiger partial charge in [0.2, 0.25) is 11.9 Å². The molecular weight excluding hydrogens is 320 g/mol. The van der Waals surface area contributed by atoms with Crippen molar-refractivity contribution in [2.75, 3.05) is 18.8 Å². The Bertz CT molecular complexity index is 660. The average molecular weight is 337 g/mol. The van der Waals surface area contributed by atoms with Crippen LogP contribution in [0.4, 0.5) is 5.95 Å². The summed E-state index contributed by atoms with van der Waals surface area (Å²) in [6, 6.07) is 5.47. The van der Waals surface area contributed by atoms with Crippen molar-refractivity contribution in [1.29, 1.82) is 0 Å². The van der Waals surface area contributed by atoms with Gasteiger partial charge in [-0.05, 0) is 38.0 Å². The lowest BCUT2D eigenvalue weighted by Crippen LogP contribution is -2.34. The van der Waals surface area contributed by atoms with E-state index < -0.39 is 0 Å². The molecule has 20 heavy (non-hydrogen) atoms. The van der Waals surface area contributed by atoms with E-state index in [1.165, 1.54) is 0 Å². The van der Waals surface area contributed by atoms with Crippen LogP contribution in [0, 0.1) is 0 Å². The standard InChI is InChI=1S/C14H17BrN4O/c1-9(13(20)18-6-2-3-7-18)19-12-5-4-10(15)8-11(12)17-14(19)16/h4-5,8-9H,2-3,6-7H2,1H3,(H2,16,17). The quantitative estimate of drug-likeness (QED) is 0.916. The number of likely N-dealkylation sites (tertiary alicyclic amines) is 1. The van der Waals surface area contributed by atoms with Crippen molar-refractivity contribution < 1.29 is 4.79 Å². The van der Waals surface area contributed by atoms with Crippen molar-refractivity contribution in [1.82, 2.24) is 14.5 Å². The molecule has 5 nitrogen and oxygen atoms in total. The van der Waals surface area contributed by atoms with Gasteiger partial charge in [0, 0.05) is 17.6 Å². The fourth-order valence-corrected chi connectivity index (χ4v) is 3.16. The molecule has 106 valence electrons. The molecule has 1 amide bonds. The number of imidazole rings is 1. The van der Waals surface area contributed by atoms with Crippen molar-refractivity contribution in [3.63, 3.8) is 0 Å². The predicted molar refractivity (Wildman–Crippen MR) is 82.4 cm³/mol. The van der Waals surface area contributed by atoms with Crippen LogP contribution in [0.1, 0.15) is 25.8 Å². The van der Waals surface area contributed by atoms with Crippen molar-refractivity contribution in [2.24, 2.45) is 0 Å². The van der Waals surface area contributed by atoms with E-state index in [0.717, 1.165) is 41.4 Å². The van der Waals surface area contributed by atoms with E-state index in [2.05, 4.69) is 20.9 Å². The fourth-order valence-electron chi connectivity index (χ4n) is 2.81. The number of nitrogens with zero attached hydrogens (tertiary/aromatic N) is 3. The number of halogens is 1. The molecule has 0 spiro atoms. The summed E-state index contributed by atoms with van der Waals surface area (Å²) in [6.07, 6.45) is 2.18. The lowest BCUT2D eigenvalue weighted by atomic mass is 10.2. The Hall–Kier alpha value is -1.56. The summed E-state index contributed by atoms with van der Waals surface area (Å²) < 4.78 is 2.77. The molecule has 3 rings (SSSR count). The highest BCUT2D eigenvalue weighted by molar-refractivity contribution is 9.10. The van der Waals surface area contributed by atoms with Crippen LogP contribution in [0.5, 0.6) is 0 Å². The van der Waals surface area contributed by atoms with Crippen LogP contribution in [-0.4, -0.2) is 33.4 Å². The Balaban J connectivity index is 2.00. The average Bonchev–Trinajstić information content (AvgIpc) is 3.03. The number of benzene rings is 1. The topological polar surface area (TPSA) is 64.2 Å². The molecule has 0 bridgehead atoms. The molecule has 1 unspecified atom stereocenters. The van der Waals surface area contributed by atoms with Gasteiger partial charge in [0.25, 0.3) is 0 Å². The molecule has 1 aliphatic heterocycles. The zero-order valence-corrected chi connectivity index (χ0v) is 12.9. The van der Waals surface area contributed by atoms with Crippen LogP contribution in [-0.2, 0) is 4.79 Å². The predicted octanol–water partition coefficient (Wildman–Crippen LogP) is 2.56. The summed E-state index contributed by atoms with van der Waals surface area (Å²) in [7, 11) is 0. The van der Waals surface area contributed by atoms with Crippen LogP contribution in [0.15, 0.2) is 22.7 Å². The van der Waals surface area contributed by atoms with E-state index in [1.807, 2.05) is 34.6 Å². The lowest BCUT2D eigenvalue weighted by Gasteiger charge is -2.22. The number of anilines is 1. The largest absolute Gasteiger partial charge is 0.369 e. The van der Waals surface area contributed by atoms with Gasteiger partial charge in [-0.15, -0.1) is 0 Å². The Morgan fingerprint density at radius 3 is 2.80 bits per heavy atom. The number of amides is 1. The summed E-state index contributed by atoms with van der Waals surface area (Å²) in [6.45, 7) is 3.59. The first-order valence-electron chi connectivity index (χ1n) is 6.79. The molecule has 0 aliphatic carbocycles. The van der Waals surface area contributed by atoms with Gasteiger partial charge in [0.15, 0.2) is 0 Å². The molecular formula is C14H17BrN4O. The van der Waals surface area contributed by atoms with E-state index in [0.29, 0.717) is 5.95 Å². The monoisotopic (exact) mass is 336 g/mol. The van der Waals surface area contributed by atoms with Crippen LogP contribution in [0.25, 0.3) is 11.0 Å². The molecule has 0 saturated carbocycles. The van der Waals surface area contributed by atoms with E-state index in [1.54, 1.807) is 0 Å². The van der Waals surface area contributed by atoms with Crippen molar-refractivity contribution >= 4 is 38.8 Å². The number of aromatic nitrogens is 2. The zero-order valence-electron chi connectivity index (χ0n) is 11.3. The molecule has 1 atom stereocenters. The minimum Gasteiger partial charge on any atom is -0.369 e. The fraction of sp³-hybridized carbons (Fsp3) is 0.429. The molecule has 1 aromatic carbocycles. The minimum absolute atomic E-state index is 0.122. The maximum atomic E-state index is 12.5. The van der Waals surface area contributed by atoms with E-state index >= 15 is 0 Å². The smallest absolute Gasteiger partial charge is 0.245 e. The third-order valence-corrected chi connectivity index (χ3v) is 4.33. The van der Waals surface area contributed by atoms with Gasteiger partial charge >= 0.3 is 0 Å². The van der Waals surface area contributed by atoms with Gasteiger partial charge in [-0.3, -0.25) is 9.36 Å². The SMILES string of the molecule is CC(C(=O)N1CCCC1)n1c(N)nc2cc(Br)ccc21. The summed E-state index contributed by atoms with van der Waals surface area (Å²) >= 11 is 3.42. The third-order valence-electron chi connectivity index (χ3n) is 3.84. The number of rotatable bonds is 2. The second-order valence-corrected chi connectivity index (χ2v) is 6.10. The number of hydrogen-bond donors (Lipinski definition) is 1. The molecule has 6 heteroatoms. The van der Waals surface area contributed by atoms with Crippen molar-refractivity contribution in [3.05, 3.63) is 22.7 Å². The molecule has 2 aromatic rings. The van der Waals surface area contributed by atoms with E-state index in [-0.39, 0.29) is 11.9 Å². The van der Waals surface area contributed by atoms with Crippen LogP contribution in [0.3, 0.4) is 0 Å². The molecule has 1 aliphatic rings. The highest BCUT2D eigenvalue weighted by atomic mass is 79.9. The Labute approximate surface area is 125 Å². The Morgan fingerprint density at radius 2 is 2.10 bits per heavy atom. The maximum Gasteiger partial charge on any atom is 0.245 e. The summed E-state index contributed by atoms with van der Waals surface area (Å²) in [4.78, 5) is 18.8. The van der Waals surface area contributed by atoms with Crippen LogP contribution in [0.2, 0.25) is 0 Å². The number of fused-ring (bicyclic) bond motifs is 1. The van der Waals surface area contributed by atoms with Crippen LogP contribution >= 0.6 is 15.9 Å². The van der Waals surface area contributed by atoms with E-state index in [4.69, 9.17) is 5.73 Å². The van der Waals surface area contributed by atoms with Gasteiger partial charge in [-0.2, -0.15) is 0 Å². The Morgan fingerprint density at radius 1 is 1.40 bits per heavy atom. The summed E-state index contributed by atoms with van der Waals surface area (Å²) in [5, 5.41) is 0. The molecule has 1 fully saturated rings. The molecule has 2 N–H and O–H groups in total. The van der Waals surface area contributed by atoms with Gasteiger partial charge < -0.3 is 10.6 Å². The van der Waals surface area contributed by atoms with Gasteiger partial charge in [-0.1, -0.05) is 15.9 Å². The van der Waals surface area contributed by atoms with Gasteiger partial charge in [0.1, 0.15) is 6.04 Å². The number of nitrogens with two attached hydrogens (primary N) is 1. The number of carbonyl (C=O) groups excluding carboxylic acids is 1. The number of carbonyl (C=O) groups is 1. The first-order valence-corrected chi connectivity index (χ1v) is 7.59. The lowest BCUT2D eigenvalue weighted by molar-refractivity contribution is -0.133. The van der Waals surface area contributed by atoms with Gasteiger partial charge in [-0.25, -0.2) is 4.98 Å². The zero-order chi connectivity index (χ0) is 14.3. The second-order valence-electron chi connectivity index (χ2n) is 5.18. The number of nitrogen functional groups attached to an aromatic ring is 1. The van der Waals surface area contributed by atoms with Gasteiger partial charge in [0.05, 0.1) is 11.0 Å². The second kappa shape index (κ2) is 5.09. The Kier molecular flexibility index (Phi) is 3.41. The third kappa shape index (κ3) is 2.18. The maximum absolute atomic E-state index is 12.5.